The Morgan fingerprint density at radius 3 is 2.50 bits per heavy atom. The minimum atomic E-state index is -0.208. The molecule has 1 rings (SSSR count). The third-order valence-corrected chi connectivity index (χ3v) is 0.939. The molecule has 2 nitrogen and oxygen atoms in total. The maximum atomic E-state index is 5.57. The zero-order valence-electron chi connectivity index (χ0n) is 4.76. The van der Waals surface area contributed by atoms with Crippen LogP contribution in [0.25, 0.3) is 0 Å². The highest BCUT2D eigenvalue weighted by molar-refractivity contribution is 5.85. The number of rotatable bonds is 0. The predicted octanol–water partition coefficient (Wildman–Crippen LogP) is 0.670. The number of hydrogen-bond acceptors (Lipinski definition) is 2. The van der Waals surface area contributed by atoms with E-state index in [1.165, 1.54) is 0 Å². The molecule has 1 atom stereocenters. The summed E-state index contributed by atoms with van der Waals surface area (Å²) in [6.45, 7) is 2.55. The minimum Gasteiger partial charge on any atom is -0.499 e. The summed E-state index contributed by atoms with van der Waals surface area (Å²) < 4.78 is 4.85. The lowest BCUT2D eigenvalue weighted by Gasteiger charge is -2.10. The Balaban J connectivity index is 0.000000490. The van der Waals surface area contributed by atoms with Gasteiger partial charge in [-0.25, -0.2) is 0 Å². The van der Waals surface area contributed by atoms with Crippen LogP contribution in [0.2, 0.25) is 0 Å². The minimum absolute atomic E-state index is 0. The summed E-state index contributed by atoms with van der Waals surface area (Å²) in [7, 11) is 0. The van der Waals surface area contributed by atoms with Gasteiger partial charge >= 0.3 is 0 Å². The molecule has 3 heteroatoms. The van der Waals surface area contributed by atoms with Gasteiger partial charge in [0.25, 0.3) is 0 Å². The first-order chi connectivity index (χ1) is 3.21. The molecule has 1 unspecified atom stereocenters. The van der Waals surface area contributed by atoms with Gasteiger partial charge in [-0.05, 0) is 13.0 Å². The first-order valence-corrected chi connectivity index (χ1v) is 2.29. The second kappa shape index (κ2) is 2.37. The highest BCUT2D eigenvalue weighted by Crippen LogP contribution is 2.08. The van der Waals surface area contributed by atoms with Crippen LogP contribution in [-0.4, -0.2) is 12.1 Å². The van der Waals surface area contributed by atoms with Gasteiger partial charge in [0, 0.05) is 0 Å². The Morgan fingerprint density at radius 1 is 1.75 bits per heavy atom. The van der Waals surface area contributed by atoms with Crippen molar-refractivity contribution in [2.45, 2.75) is 12.5 Å². The zero-order chi connectivity index (χ0) is 5.33. The number of hydrogen-bond donors (Lipinski definition) is 1. The van der Waals surface area contributed by atoms with Gasteiger partial charge in [0.05, 0.1) is 11.8 Å². The van der Waals surface area contributed by atoms with Crippen molar-refractivity contribution >= 4 is 12.4 Å². The van der Waals surface area contributed by atoms with E-state index in [9.17, 15) is 0 Å². The fourth-order valence-corrected chi connectivity index (χ4v) is 0.479. The summed E-state index contributed by atoms with van der Waals surface area (Å²) in [6.07, 6.45) is 3.49. The molecular weight excluding hydrogens is 126 g/mol. The fraction of sp³-hybridized carbons (Fsp3) is 0.600. The molecule has 0 saturated heterocycles. The van der Waals surface area contributed by atoms with Gasteiger partial charge in [0.2, 0.25) is 0 Å². The molecule has 1 aliphatic rings. The second-order valence-corrected chi connectivity index (χ2v) is 2.12. The molecule has 0 radical (unpaired) electrons. The molecule has 0 bridgehead atoms. The summed E-state index contributed by atoms with van der Waals surface area (Å²) in [5.41, 5.74) is 5.36. The Labute approximate surface area is 55.1 Å². The monoisotopic (exact) mass is 135 g/mol. The molecule has 48 valence electrons. The molecular formula is C5H10ClNO. The molecule has 0 spiro atoms. The first kappa shape index (κ1) is 7.79. The molecule has 0 saturated carbocycles. The van der Waals surface area contributed by atoms with Gasteiger partial charge in [0.15, 0.2) is 0 Å². The molecule has 1 aliphatic heterocycles. The zero-order valence-corrected chi connectivity index (χ0v) is 5.57. The van der Waals surface area contributed by atoms with Crippen molar-refractivity contribution in [3.05, 3.63) is 12.3 Å². The normalized spacial score (nSPS) is 33.8. The van der Waals surface area contributed by atoms with Crippen molar-refractivity contribution in [3.8, 4) is 0 Å². The molecule has 0 amide bonds. The quantitative estimate of drug-likeness (QED) is 0.530. The Morgan fingerprint density at radius 2 is 2.38 bits per heavy atom. The van der Waals surface area contributed by atoms with E-state index in [1.807, 2.05) is 13.0 Å². The van der Waals surface area contributed by atoms with Crippen molar-refractivity contribution in [3.63, 3.8) is 0 Å². The summed E-state index contributed by atoms with van der Waals surface area (Å²) in [4.78, 5) is 0. The van der Waals surface area contributed by atoms with Crippen LogP contribution in [0.15, 0.2) is 12.3 Å². The van der Waals surface area contributed by atoms with E-state index < -0.39 is 0 Å². The van der Waals surface area contributed by atoms with Crippen LogP contribution in [0.1, 0.15) is 6.92 Å². The Kier molecular flexibility index (Phi) is 2.31. The number of halogens is 1. The van der Waals surface area contributed by atoms with E-state index in [0.29, 0.717) is 6.61 Å². The largest absolute Gasteiger partial charge is 0.499 e. The summed E-state index contributed by atoms with van der Waals surface area (Å²) in [5.74, 6) is 0. The van der Waals surface area contributed by atoms with Crippen LogP contribution in [0.5, 0.6) is 0 Å². The molecule has 0 aromatic heterocycles. The average Bonchev–Trinajstić information content (AvgIpc) is 1.84. The van der Waals surface area contributed by atoms with E-state index in [-0.39, 0.29) is 17.9 Å². The molecule has 8 heavy (non-hydrogen) atoms. The van der Waals surface area contributed by atoms with Gasteiger partial charge < -0.3 is 10.5 Å². The molecule has 2 N–H and O–H groups in total. The van der Waals surface area contributed by atoms with Gasteiger partial charge in [0.1, 0.15) is 6.61 Å². The van der Waals surface area contributed by atoms with Gasteiger partial charge in [-0.3, -0.25) is 0 Å². The molecule has 1 heterocycles. The predicted molar refractivity (Wildman–Crippen MR) is 34.9 cm³/mol. The van der Waals surface area contributed by atoms with Gasteiger partial charge in [-0.2, -0.15) is 0 Å². The average molecular weight is 136 g/mol. The third-order valence-electron chi connectivity index (χ3n) is 0.939. The van der Waals surface area contributed by atoms with Crippen molar-refractivity contribution in [2.75, 3.05) is 6.61 Å². The lowest BCUT2D eigenvalue weighted by molar-refractivity contribution is 0.239. The van der Waals surface area contributed by atoms with Gasteiger partial charge in [-0.1, -0.05) is 0 Å². The molecule has 0 aromatic rings. The SMILES string of the molecule is CC1(N)C=COC1.Cl. The fourth-order valence-electron chi connectivity index (χ4n) is 0.479. The van der Waals surface area contributed by atoms with Crippen LogP contribution >= 0.6 is 12.4 Å². The topological polar surface area (TPSA) is 35.2 Å². The van der Waals surface area contributed by atoms with Crippen molar-refractivity contribution < 1.29 is 4.74 Å². The van der Waals surface area contributed by atoms with Crippen LogP contribution in [0.3, 0.4) is 0 Å². The van der Waals surface area contributed by atoms with E-state index in [4.69, 9.17) is 10.5 Å². The first-order valence-electron chi connectivity index (χ1n) is 2.29. The third kappa shape index (κ3) is 1.72. The van der Waals surface area contributed by atoms with E-state index >= 15 is 0 Å². The summed E-state index contributed by atoms with van der Waals surface area (Å²) in [5, 5.41) is 0. The van der Waals surface area contributed by atoms with E-state index in [1.54, 1.807) is 6.26 Å². The standard InChI is InChI=1S/C5H9NO.ClH/c1-5(6)2-3-7-4-5;/h2-3H,4,6H2,1H3;1H. The van der Waals surface area contributed by atoms with E-state index in [0.717, 1.165) is 0 Å². The lowest BCUT2D eigenvalue weighted by Crippen LogP contribution is -2.35. The van der Waals surface area contributed by atoms with Crippen molar-refractivity contribution in [2.24, 2.45) is 5.73 Å². The maximum Gasteiger partial charge on any atom is 0.109 e. The highest BCUT2D eigenvalue weighted by Gasteiger charge is 2.18. The van der Waals surface area contributed by atoms with Gasteiger partial charge in [-0.15, -0.1) is 12.4 Å². The molecule has 0 aliphatic carbocycles. The summed E-state index contributed by atoms with van der Waals surface area (Å²) >= 11 is 0. The van der Waals surface area contributed by atoms with Crippen LogP contribution in [0, 0.1) is 0 Å². The molecule has 0 fully saturated rings. The molecule has 0 aromatic carbocycles. The Hall–Kier alpha value is -0.210. The smallest absolute Gasteiger partial charge is 0.109 e. The number of nitrogens with two attached hydrogens (primary N) is 1. The highest BCUT2D eigenvalue weighted by atomic mass is 35.5. The van der Waals surface area contributed by atoms with Crippen molar-refractivity contribution in [1.82, 2.24) is 0 Å². The number of ether oxygens (including phenoxy) is 1. The lowest BCUT2D eigenvalue weighted by atomic mass is 10.1. The van der Waals surface area contributed by atoms with Crippen LogP contribution < -0.4 is 5.73 Å². The maximum absolute atomic E-state index is 5.57. The van der Waals surface area contributed by atoms with Crippen LogP contribution in [-0.2, 0) is 4.74 Å². The Bertz CT molecular complexity index is 101. The van der Waals surface area contributed by atoms with Crippen LogP contribution in [0.4, 0.5) is 0 Å². The van der Waals surface area contributed by atoms with Crippen molar-refractivity contribution in [1.29, 1.82) is 0 Å². The summed E-state index contributed by atoms with van der Waals surface area (Å²) in [6, 6.07) is 0. The van der Waals surface area contributed by atoms with E-state index in [2.05, 4.69) is 0 Å². The second-order valence-electron chi connectivity index (χ2n) is 2.12.